The van der Waals surface area contributed by atoms with Gasteiger partial charge >= 0.3 is 0 Å². The van der Waals surface area contributed by atoms with Gasteiger partial charge in [0.15, 0.2) is 0 Å². The van der Waals surface area contributed by atoms with Crippen LogP contribution < -0.4 is 20.7 Å². The van der Waals surface area contributed by atoms with Crippen LogP contribution in [0.4, 0.5) is 27.3 Å². The Morgan fingerprint density at radius 3 is 2.61 bits per heavy atom. The van der Waals surface area contributed by atoms with Crippen LogP contribution in [0.3, 0.4) is 0 Å². The molecule has 1 aromatic carbocycles. The van der Waals surface area contributed by atoms with Crippen molar-refractivity contribution in [2.75, 3.05) is 54.5 Å². The summed E-state index contributed by atoms with van der Waals surface area (Å²) in [4.78, 5) is 38.2. The highest BCUT2D eigenvalue weighted by molar-refractivity contribution is 6.09. The van der Waals surface area contributed by atoms with Gasteiger partial charge in [-0.2, -0.15) is 0 Å². The van der Waals surface area contributed by atoms with Crippen LogP contribution in [0, 0.1) is 5.82 Å². The molecule has 4 aromatic rings. The van der Waals surface area contributed by atoms with Gasteiger partial charge in [-0.05, 0) is 68.1 Å². The Balaban J connectivity index is 1.06. The predicted molar refractivity (Wildman–Crippen MR) is 186 cm³/mol. The maximum Gasteiger partial charge on any atom is 0.274 e. The standard InChI is InChI=1S/C37H42FN7O4/c1-23-18-42(28-21-49-22-28)11-12-43(23)27-6-7-35(39-17-27)40-32-13-24(19-41(2)37(32)48)29-14-25(38)15-34(31(29)20-46)45-10-8-33-30(36(45)47)16-26-5-3-4-9-44(26)33/h6-7,13-17,19,23,28,46H,3-5,8-12,18,20-22H2,1-2H3,(H,39,40). The molecular formula is C37H42FN7O4. The molecule has 0 radical (unpaired) electrons. The van der Waals surface area contributed by atoms with Gasteiger partial charge in [-0.1, -0.05) is 0 Å². The number of aliphatic hydroxyl groups excluding tert-OH is 1. The Morgan fingerprint density at radius 1 is 1.02 bits per heavy atom. The molecule has 1 atom stereocenters. The first-order chi connectivity index (χ1) is 23.8. The van der Waals surface area contributed by atoms with Gasteiger partial charge in [0, 0.05) is 80.9 Å². The number of aliphatic hydroxyl groups is 1. The van der Waals surface area contributed by atoms with E-state index in [9.17, 15) is 14.7 Å². The molecule has 3 aromatic heterocycles. The van der Waals surface area contributed by atoms with Crippen LogP contribution >= 0.6 is 0 Å². The second-order valence-electron chi connectivity index (χ2n) is 13.7. The summed E-state index contributed by atoms with van der Waals surface area (Å²) in [5, 5.41) is 13.8. The minimum atomic E-state index is -0.534. The summed E-state index contributed by atoms with van der Waals surface area (Å²) in [5.41, 5.74) is 5.59. The summed E-state index contributed by atoms with van der Waals surface area (Å²) >= 11 is 0. The zero-order chi connectivity index (χ0) is 33.8. The quantitative estimate of drug-likeness (QED) is 0.304. The van der Waals surface area contributed by atoms with Crippen LogP contribution in [0.15, 0.2) is 53.6 Å². The molecule has 1 unspecified atom stereocenters. The molecule has 2 saturated heterocycles. The summed E-state index contributed by atoms with van der Waals surface area (Å²) in [7, 11) is 1.63. The Kier molecular flexibility index (Phi) is 8.25. The number of aryl methyl sites for hydroxylation is 2. The molecule has 49 heavy (non-hydrogen) atoms. The van der Waals surface area contributed by atoms with E-state index in [1.54, 1.807) is 24.2 Å². The zero-order valence-corrected chi connectivity index (χ0v) is 28.0. The number of rotatable bonds is 7. The molecule has 0 spiro atoms. The van der Waals surface area contributed by atoms with Gasteiger partial charge in [0.2, 0.25) is 0 Å². The number of amides is 1. The molecule has 256 valence electrons. The number of ether oxygens (including phenoxy) is 1. The zero-order valence-electron chi connectivity index (χ0n) is 28.0. The largest absolute Gasteiger partial charge is 0.392 e. The van der Waals surface area contributed by atoms with Gasteiger partial charge in [-0.3, -0.25) is 14.5 Å². The SMILES string of the molecule is CC1CN(C2COC2)CCN1c1ccc(Nc2cc(-c3cc(F)cc(N4CCc5c(cc6n5CCCC6)C4=O)c3CO)cn(C)c2=O)nc1. The number of benzene rings is 1. The van der Waals surface area contributed by atoms with E-state index in [4.69, 9.17) is 4.74 Å². The summed E-state index contributed by atoms with van der Waals surface area (Å²) < 4.78 is 24.5. The lowest BCUT2D eigenvalue weighted by atomic mass is 9.96. The average Bonchev–Trinajstić information content (AvgIpc) is 3.46. The fourth-order valence-corrected chi connectivity index (χ4v) is 8.00. The number of carbonyl (C=O) groups excluding carboxylic acids is 1. The van der Waals surface area contributed by atoms with Crippen LogP contribution in [0.25, 0.3) is 11.1 Å². The van der Waals surface area contributed by atoms with E-state index in [0.717, 1.165) is 70.0 Å². The predicted octanol–water partition coefficient (Wildman–Crippen LogP) is 4.07. The number of fused-ring (bicyclic) bond motifs is 3. The fourth-order valence-electron chi connectivity index (χ4n) is 8.00. The molecule has 4 aliphatic rings. The number of hydrogen-bond acceptors (Lipinski definition) is 8. The lowest BCUT2D eigenvalue weighted by Crippen LogP contribution is -2.59. The summed E-state index contributed by atoms with van der Waals surface area (Å²) in [6, 6.07) is 11.0. The highest BCUT2D eigenvalue weighted by Crippen LogP contribution is 2.37. The molecule has 11 nitrogen and oxygen atoms in total. The van der Waals surface area contributed by atoms with E-state index in [-0.39, 0.29) is 17.2 Å². The number of pyridine rings is 2. The van der Waals surface area contributed by atoms with Crippen molar-refractivity contribution in [2.24, 2.45) is 7.05 Å². The molecular weight excluding hydrogens is 625 g/mol. The topological polar surface area (TPSA) is 108 Å². The van der Waals surface area contributed by atoms with Gasteiger partial charge in [0.25, 0.3) is 11.5 Å². The second kappa shape index (κ2) is 12.7. The fraction of sp³-hybridized carbons (Fsp3) is 0.432. The maximum atomic E-state index is 15.4. The van der Waals surface area contributed by atoms with E-state index in [0.29, 0.717) is 58.8 Å². The highest BCUT2D eigenvalue weighted by Gasteiger charge is 2.34. The number of anilines is 4. The molecule has 8 rings (SSSR count). The third kappa shape index (κ3) is 5.71. The normalized spacial score (nSPS) is 19.8. The Hall–Kier alpha value is -4.52. The Bertz CT molecular complexity index is 1970. The molecule has 1 amide bonds. The van der Waals surface area contributed by atoms with Gasteiger partial charge in [-0.25, -0.2) is 9.37 Å². The minimum Gasteiger partial charge on any atom is -0.392 e. The maximum absolute atomic E-state index is 15.4. The second-order valence-corrected chi connectivity index (χ2v) is 13.7. The summed E-state index contributed by atoms with van der Waals surface area (Å²) in [5.74, 6) is -0.215. The summed E-state index contributed by atoms with van der Waals surface area (Å²) in [6.07, 6.45) is 7.25. The molecule has 0 saturated carbocycles. The summed E-state index contributed by atoms with van der Waals surface area (Å²) in [6.45, 7) is 7.57. The Labute approximate surface area is 284 Å². The number of aromatic nitrogens is 3. The lowest BCUT2D eigenvalue weighted by molar-refractivity contribution is -0.0691. The van der Waals surface area contributed by atoms with E-state index >= 15 is 4.39 Å². The van der Waals surface area contributed by atoms with E-state index < -0.39 is 12.4 Å². The van der Waals surface area contributed by atoms with Crippen molar-refractivity contribution in [3.63, 3.8) is 0 Å². The van der Waals surface area contributed by atoms with Crippen molar-refractivity contribution in [1.29, 1.82) is 0 Å². The van der Waals surface area contributed by atoms with E-state index in [1.165, 1.54) is 22.4 Å². The van der Waals surface area contributed by atoms with Crippen molar-refractivity contribution >= 4 is 28.8 Å². The van der Waals surface area contributed by atoms with Crippen LogP contribution in [-0.2, 0) is 37.8 Å². The first kappa shape index (κ1) is 31.7. The minimum absolute atomic E-state index is 0.184. The monoisotopic (exact) mass is 667 g/mol. The number of hydrogen-bond donors (Lipinski definition) is 2. The molecule has 2 fully saturated rings. The van der Waals surface area contributed by atoms with Crippen molar-refractivity contribution in [3.05, 3.63) is 87.5 Å². The molecule has 7 heterocycles. The van der Waals surface area contributed by atoms with Crippen molar-refractivity contribution in [1.82, 2.24) is 19.0 Å². The third-order valence-corrected chi connectivity index (χ3v) is 10.7. The number of piperazine rings is 1. The molecule has 4 aliphatic heterocycles. The van der Waals surface area contributed by atoms with Gasteiger partial charge in [0.05, 0.1) is 49.0 Å². The first-order valence-corrected chi connectivity index (χ1v) is 17.3. The molecule has 0 bridgehead atoms. The van der Waals surface area contributed by atoms with E-state index in [1.807, 2.05) is 24.4 Å². The first-order valence-electron chi connectivity index (χ1n) is 17.3. The van der Waals surface area contributed by atoms with Gasteiger partial charge in [0.1, 0.15) is 17.3 Å². The number of halogens is 1. The van der Waals surface area contributed by atoms with E-state index in [2.05, 4.69) is 31.6 Å². The Morgan fingerprint density at radius 2 is 1.88 bits per heavy atom. The lowest BCUT2D eigenvalue weighted by Gasteiger charge is -2.46. The van der Waals surface area contributed by atoms with Crippen molar-refractivity contribution in [2.45, 2.75) is 57.8 Å². The molecule has 12 heteroatoms. The van der Waals surface area contributed by atoms with Crippen LogP contribution in [0.5, 0.6) is 0 Å². The van der Waals surface area contributed by atoms with Crippen molar-refractivity contribution < 1.29 is 19.0 Å². The third-order valence-electron chi connectivity index (χ3n) is 10.7. The van der Waals surface area contributed by atoms with Crippen LogP contribution in [0.2, 0.25) is 0 Å². The number of nitrogens with zero attached hydrogens (tertiary/aromatic N) is 6. The van der Waals surface area contributed by atoms with Crippen molar-refractivity contribution in [3.8, 4) is 11.1 Å². The number of nitrogens with one attached hydrogen (secondary N) is 1. The van der Waals surface area contributed by atoms with Crippen LogP contribution in [0.1, 0.15) is 47.1 Å². The highest BCUT2D eigenvalue weighted by atomic mass is 19.1. The van der Waals surface area contributed by atoms with Gasteiger partial charge in [-0.15, -0.1) is 0 Å². The smallest absolute Gasteiger partial charge is 0.274 e. The number of carbonyl (C=O) groups is 1. The molecule has 2 N–H and O–H groups in total. The van der Waals surface area contributed by atoms with Crippen LogP contribution in [-0.4, -0.2) is 81.5 Å². The van der Waals surface area contributed by atoms with Gasteiger partial charge < -0.3 is 34.1 Å². The molecule has 0 aliphatic carbocycles. The average molecular weight is 668 g/mol.